The van der Waals surface area contributed by atoms with E-state index in [0.717, 1.165) is 11.3 Å². The molecular weight excluding hydrogens is 285 g/mol. The van der Waals surface area contributed by atoms with Gasteiger partial charge in [-0.3, -0.25) is 0 Å². The fourth-order valence-corrected chi connectivity index (χ4v) is 2.24. The summed E-state index contributed by atoms with van der Waals surface area (Å²) in [6.45, 7) is -0.253. The Morgan fingerprint density at radius 1 is 1.18 bits per heavy atom. The van der Waals surface area contributed by atoms with Crippen LogP contribution in [0.25, 0.3) is 16.9 Å². The lowest BCUT2D eigenvalue weighted by Crippen LogP contribution is -2.00. The molecule has 0 aliphatic carbocycles. The Kier molecular flexibility index (Phi) is 3.84. The van der Waals surface area contributed by atoms with Gasteiger partial charge in [-0.25, -0.2) is 9.07 Å². The highest BCUT2D eigenvalue weighted by Gasteiger charge is 2.16. The van der Waals surface area contributed by atoms with Crippen molar-refractivity contribution >= 4 is 0 Å². The van der Waals surface area contributed by atoms with Crippen LogP contribution in [0.2, 0.25) is 0 Å². The van der Waals surface area contributed by atoms with Crippen molar-refractivity contribution in [3.05, 3.63) is 60.0 Å². The summed E-state index contributed by atoms with van der Waals surface area (Å²) >= 11 is 0. The predicted octanol–water partition coefficient (Wildman–Crippen LogP) is 2.57. The SMILES string of the molecule is COc1cccc(-n2nnc(CO)c2-c2ccc(F)cc2)c1. The number of nitrogens with zero attached hydrogens (tertiary/aromatic N) is 3. The summed E-state index contributed by atoms with van der Waals surface area (Å²) in [6, 6.07) is 13.3. The molecule has 22 heavy (non-hydrogen) atoms. The summed E-state index contributed by atoms with van der Waals surface area (Å²) in [7, 11) is 1.58. The molecule has 0 aliphatic rings. The number of benzene rings is 2. The minimum Gasteiger partial charge on any atom is -0.497 e. The molecule has 0 atom stereocenters. The second kappa shape index (κ2) is 5.95. The van der Waals surface area contributed by atoms with Gasteiger partial charge in [0.25, 0.3) is 0 Å². The Balaban J connectivity index is 2.16. The number of methoxy groups -OCH3 is 1. The van der Waals surface area contributed by atoms with Crippen LogP contribution in [0.15, 0.2) is 48.5 Å². The molecule has 1 aromatic heterocycles. The highest BCUT2D eigenvalue weighted by Crippen LogP contribution is 2.27. The van der Waals surface area contributed by atoms with Gasteiger partial charge >= 0.3 is 0 Å². The van der Waals surface area contributed by atoms with E-state index in [1.807, 2.05) is 24.3 Å². The zero-order valence-electron chi connectivity index (χ0n) is 11.9. The van der Waals surface area contributed by atoms with E-state index in [4.69, 9.17) is 4.74 Å². The second-order valence-electron chi connectivity index (χ2n) is 4.66. The van der Waals surface area contributed by atoms with E-state index >= 15 is 0 Å². The van der Waals surface area contributed by atoms with E-state index in [1.165, 1.54) is 12.1 Å². The molecule has 0 spiro atoms. The standard InChI is InChI=1S/C16H14FN3O2/c1-22-14-4-2-3-13(9-14)20-16(15(10-21)18-19-20)11-5-7-12(17)8-6-11/h2-9,21H,10H2,1H3. The maximum Gasteiger partial charge on any atom is 0.123 e. The highest BCUT2D eigenvalue weighted by atomic mass is 19.1. The van der Waals surface area contributed by atoms with Gasteiger partial charge in [-0.1, -0.05) is 11.3 Å². The van der Waals surface area contributed by atoms with Crippen molar-refractivity contribution in [2.75, 3.05) is 7.11 Å². The molecule has 1 heterocycles. The number of aromatic nitrogens is 3. The summed E-state index contributed by atoms with van der Waals surface area (Å²) < 4.78 is 19.9. The van der Waals surface area contributed by atoms with Gasteiger partial charge < -0.3 is 9.84 Å². The van der Waals surface area contributed by atoms with Crippen LogP contribution in [-0.2, 0) is 6.61 Å². The smallest absolute Gasteiger partial charge is 0.123 e. The molecule has 2 aromatic carbocycles. The van der Waals surface area contributed by atoms with Gasteiger partial charge in [0, 0.05) is 11.6 Å². The van der Waals surface area contributed by atoms with Gasteiger partial charge in [0.2, 0.25) is 0 Å². The Hall–Kier alpha value is -2.73. The summed E-state index contributed by atoms with van der Waals surface area (Å²) in [6.07, 6.45) is 0. The van der Waals surface area contributed by atoms with Crippen LogP contribution in [0.4, 0.5) is 4.39 Å². The lowest BCUT2D eigenvalue weighted by atomic mass is 10.1. The summed E-state index contributed by atoms with van der Waals surface area (Å²) in [4.78, 5) is 0. The fraction of sp³-hybridized carbons (Fsp3) is 0.125. The average molecular weight is 299 g/mol. The van der Waals surface area contributed by atoms with Crippen molar-refractivity contribution in [1.82, 2.24) is 15.0 Å². The molecule has 0 saturated heterocycles. The molecular formula is C16H14FN3O2. The van der Waals surface area contributed by atoms with Gasteiger partial charge in [-0.15, -0.1) is 5.10 Å². The maximum atomic E-state index is 13.1. The highest BCUT2D eigenvalue weighted by molar-refractivity contribution is 5.64. The van der Waals surface area contributed by atoms with Crippen LogP contribution >= 0.6 is 0 Å². The van der Waals surface area contributed by atoms with Crippen molar-refractivity contribution in [3.8, 4) is 22.7 Å². The van der Waals surface area contributed by atoms with Crippen LogP contribution in [0.5, 0.6) is 5.75 Å². The zero-order chi connectivity index (χ0) is 15.5. The molecule has 5 nitrogen and oxygen atoms in total. The van der Waals surface area contributed by atoms with Gasteiger partial charge in [0.1, 0.15) is 23.0 Å². The maximum absolute atomic E-state index is 13.1. The van der Waals surface area contributed by atoms with Crippen molar-refractivity contribution in [1.29, 1.82) is 0 Å². The van der Waals surface area contributed by atoms with Crippen molar-refractivity contribution in [2.45, 2.75) is 6.61 Å². The van der Waals surface area contributed by atoms with E-state index < -0.39 is 0 Å². The first kappa shape index (κ1) is 14.2. The average Bonchev–Trinajstić information content (AvgIpc) is 2.99. The molecule has 0 saturated carbocycles. The quantitative estimate of drug-likeness (QED) is 0.804. The molecule has 1 N–H and O–H groups in total. The van der Waals surface area contributed by atoms with Gasteiger partial charge in [0.05, 0.1) is 19.4 Å². The predicted molar refractivity (Wildman–Crippen MR) is 79.2 cm³/mol. The Labute approximate surface area is 126 Å². The van der Waals surface area contributed by atoms with Gasteiger partial charge in [-0.05, 0) is 36.4 Å². The Morgan fingerprint density at radius 3 is 2.64 bits per heavy atom. The minimum atomic E-state index is -0.324. The third-order valence-corrected chi connectivity index (χ3v) is 3.31. The molecule has 112 valence electrons. The molecule has 0 fully saturated rings. The summed E-state index contributed by atoms with van der Waals surface area (Å²) in [5.41, 5.74) is 2.51. The van der Waals surface area contributed by atoms with Gasteiger partial charge in [-0.2, -0.15) is 0 Å². The van der Waals surface area contributed by atoms with E-state index in [0.29, 0.717) is 17.1 Å². The summed E-state index contributed by atoms with van der Waals surface area (Å²) in [5.74, 6) is 0.360. The van der Waals surface area contributed by atoms with Crippen molar-refractivity contribution in [2.24, 2.45) is 0 Å². The summed E-state index contributed by atoms with van der Waals surface area (Å²) in [5, 5.41) is 17.6. The molecule has 3 aromatic rings. The monoisotopic (exact) mass is 299 g/mol. The number of rotatable bonds is 4. The number of halogens is 1. The molecule has 0 radical (unpaired) electrons. The van der Waals surface area contributed by atoms with E-state index in [9.17, 15) is 9.50 Å². The molecule has 0 unspecified atom stereocenters. The Bertz CT molecular complexity index is 784. The van der Waals surface area contributed by atoms with Gasteiger partial charge in [0.15, 0.2) is 0 Å². The molecule has 0 amide bonds. The number of hydrogen-bond donors (Lipinski definition) is 1. The van der Waals surface area contributed by atoms with Crippen LogP contribution in [0.1, 0.15) is 5.69 Å². The van der Waals surface area contributed by atoms with Crippen molar-refractivity contribution in [3.63, 3.8) is 0 Å². The third-order valence-electron chi connectivity index (χ3n) is 3.31. The molecule has 3 rings (SSSR count). The number of ether oxygens (including phenoxy) is 1. The number of aliphatic hydroxyl groups is 1. The Morgan fingerprint density at radius 2 is 1.95 bits per heavy atom. The fourth-order valence-electron chi connectivity index (χ4n) is 2.24. The first-order valence-corrected chi connectivity index (χ1v) is 6.68. The lowest BCUT2D eigenvalue weighted by Gasteiger charge is -2.09. The first-order valence-electron chi connectivity index (χ1n) is 6.68. The number of hydrogen-bond acceptors (Lipinski definition) is 4. The molecule has 6 heteroatoms. The number of aliphatic hydroxyl groups excluding tert-OH is 1. The van der Waals surface area contributed by atoms with Crippen LogP contribution in [0, 0.1) is 5.82 Å². The third kappa shape index (κ3) is 2.56. The zero-order valence-corrected chi connectivity index (χ0v) is 11.9. The van der Waals surface area contributed by atoms with Crippen molar-refractivity contribution < 1.29 is 14.2 Å². The molecule has 0 aliphatic heterocycles. The second-order valence-corrected chi connectivity index (χ2v) is 4.66. The van der Waals surface area contributed by atoms with Crippen LogP contribution in [-0.4, -0.2) is 27.2 Å². The van der Waals surface area contributed by atoms with E-state index in [-0.39, 0.29) is 12.4 Å². The van der Waals surface area contributed by atoms with Crippen LogP contribution < -0.4 is 4.74 Å². The molecule has 0 bridgehead atoms. The largest absolute Gasteiger partial charge is 0.497 e. The normalized spacial score (nSPS) is 10.7. The van der Waals surface area contributed by atoms with E-state index in [1.54, 1.807) is 23.9 Å². The first-order chi connectivity index (χ1) is 10.7. The van der Waals surface area contributed by atoms with Crippen LogP contribution in [0.3, 0.4) is 0 Å². The topological polar surface area (TPSA) is 60.2 Å². The minimum absolute atomic E-state index is 0.253. The van der Waals surface area contributed by atoms with E-state index in [2.05, 4.69) is 10.3 Å². The lowest BCUT2D eigenvalue weighted by molar-refractivity contribution is 0.277.